The number of ether oxygens (including phenoxy) is 4. The molecule has 0 aromatic carbocycles. The molecule has 6 atom stereocenters. The molecule has 1 rings (SSSR count). The van der Waals surface area contributed by atoms with Crippen molar-refractivity contribution < 1.29 is 49.0 Å². The van der Waals surface area contributed by atoms with E-state index in [9.17, 15) is 30.0 Å². The minimum Gasteiger partial charge on any atom is -0.462 e. The number of rotatable bonds is 27. The molecule has 10 heteroatoms. The van der Waals surface area contributed by atoms with Crippen LogP contribution >= 0.6 is 0 Å². The minimum atomic E-state index is -1.60. The van der Waals surface area contributed by atoms with Crippen LogP contribution in [0.1, 0.15) is 117 Å². The monoisotopic (exact) mass is 666 g/mol. The number of carbonyl (C=O) groups is 2. The summed E-state index contributed by atoms with van der Waals surface area (Å²) in [5, 5.41) is 39.8. The first-order valence-electron chi connectivity index (χ1n) is 17.8. The molecule has 270 valence electrons. The molecule has 0 bridgehead atoms. The fourth-order valence-electron chi connectivity index (χ4n) is 4.96. The molecular formula is C37H62O10. The van der Waals surface area contributed by atoms with E-state index in [0.29, 0.717) is 6.42 Å². The Kier molecular flexibility index (Phi) is 26.0. The minimum absolute atomic E-state index is 0.203. The number of aliphatic hydroxyl groups is 4. The summed E-state index contributed by atoms with van der Waals surface area (Å²) >= 11 is 0. The summed E-state index contributed by atoms with van der Waals surface area (Å²) in [7, 11) is 0. The SMILES string of the molecule is CC/C=C/C=C/C=C/C=C/CCCCCCCC(=O)O[C@H](COC(=O)CCCCCCCCC)CO[C@H]1O[C@@H](CO)[C@@H](O)C(O)C1O. The van der Waals surface area contributed by atoms with Crippen molar-refractivity contribution in [2.45, 2.75) is 153 Å². The lowest BCUT2D eigenvalue weighted by Gasteiger charge is -2.39. The first kappa shape index (κ1) is 42.7. The second-order valence-corrected chi connectivity index (χ2v) is 12.0. The highest BCUT2D eigenvalue weighted by Crippen LogP contribution is 2.22. The first-order valence-corrected chi connectivity index (χ1v) is 17.8. The van der Waals surface area contributed by atoms with Crippen LogP contribution in [-0.4, -0.2) is 89.0 Å². The summed E-state index contributed by atoms with van der Waals surface area (Å²) in [6.45, 7) is 3.17. The lowest BCUT2D eigenvalue weighted by atomic mass is 9.99. The zero-order chi connectivity index (χ0) is 34.5. The van der Waals surface area contributed by atoms with E-state index >= 15 is 0 Å². The molecule has 0 radical (unpaired) electrons. The van der Waals surface area contributed by atoms with Gasteiger partial charge in [-0.05, 0) is 32.1 Å². The number of unbranched alkanes of at least 4 members (excludes halogenated alkanes) is 11. The maximum absolute atomic E-state index is 12.6. The lowest BCUT2D eigenvalue weighted by Crippen LogP contribution is -2.59. The zero-order valence-electron chi connectivity index (χ0n) is 28.8. The molecule has 1 aliphatic rings. The van der Waals surface area contributed by atoms with E-state index in [0.717, 1.165) is 64.2 Å². The number of hydrogen-bond acceptors (Lipinski definition) is 10. The highest BCUT2D eigenvalue weighted by molar-refractivity contribution is 5.70. The third-order valence-electron chi connectivity index (χ3n) is 7.82. The molecule has 2 unspecified atom stereocenters. The van der Waals surface area contributed by atoms with Gasteiger partial charge in [0.25, 0.3) is 0 Å². The maximum atomic E-state index is 12.6. The molecule has 1 saturated heterocycles. The van der Waals surface area contributed by atoms with E-state index in [2.05, 4.69) is 32.1 Å². The Morgan fingerprint density at radius 1 is 0.681 bits per heavy atom. The Balaban J connectivity index is 2.44. The van der Waals surface area contributed by atoms with Crippen molar-refractivity contribution in [1.29, 1.82) is 0 Å². The Bertz CT molecular complexity index is 913. The third kappa shape index (κ3) is 21.3. The molecule has 10 nitrogen and oxygen atoms in total. The van der Waals surface area contributed by atoms with Gasteiger partial charge in [-0.15, -0.1) is 0 Å². The van der Waals surface area contributed by atoms with E-state index in [1.807, 2.05) is 30.4 Å². The molecule has 0 saturated carbocycles. The Labute approximate surface area is 282 Å². The van der Waals surface area contributed by atoms with Crippen LogP contribution in [0.3, 0.4) is 0 Å². The summed E-state index contributed by atoms with van der Waals surface area (Å²) in [6.07, 6.45) is 22.9. The molecule has 47 heavy (non-hydrogen) atoms. The number of aliphatic hydroxyl groups excluding tert-OH is 4. The van der Waals surface area contributed by atoms with E-state index in [4.69, 9.17) is 18.9 Å². The van der Waals surface area contributed by atoms with E-state index in [1.54, 1.807) is 0 Å². The van der Waals surface area contributed by atoms with Crippen LogP contribution in [0.4, 0.5) is 0 Å². The molecule has 4 N–H and O–H groups in total. The van der Waals surface area contributed by atoms with Crippen LogP contribution in [0.15, 0.2) is 48.6 Å². The van der Waals surface area contributed by atoms with Crippen molar-refractivity contribution in [2.75, 3.05) is 19.8 Å². The summed E-state index contributed by atoms with van der Waals surface area (Å²) in [5.41, 5.74) is 0. The molecule has 1 fully saturated rings. The van der Waals surface area contributed by atoms with Crippen molar-refractivity contribution in [3.05, 3.63) is 48.6 Å². The number of allylic oxidation sites excluding steroid dienone is 8. The molecule has 0 amide bonds. The highest BCUT2D eigenvalue weighted by atomic mass is 16.7. The highest BCUT2D eigenvalue weighted by Gasteiger charge is 2.44. The molecule has 0 aliphatic carbocycles. The van der Waals surface area contributed by atoms with Crippen molar-refractivity contribution in [1.82, 2.24) is 0 Å². The zero-order valence-corrected chi connectivity index (χ0v) is 28.8. The van der Waals surface area contributed by atoms with E-state index in [1.165, 1.54) is 19.3 Å². The van der Waals surface area contributed by atoms with Crippen LogP contribution in [-0.2, 0) is 28.5 Å². The molecule has 0 aromatic rings. The number of hydrogen-bond donors (Lipinski definition) is 4. The standard InChI is InChI=1S/C37H62O10/c1-3-5-7-9-11-12-13-14-15-16-17-18-20-22-24-26-33(40)46-30(28-44-32(39)25-23-21-19-10-8-6-4-2)29-45-37-36(43)35(42)34(41)31(27-38)47-37/h5,7,9,11-15,30-31,34-38,41-43H,3-4,6,8,10,16-29H2,1-2H3/b7-5+,11-9+,13-12+,15-14+/t30-,31+,34-,35?,36?,37+/m1/s1. The summed E-state index contributed by atoms with van der Waals surface area (Å²) < 4.78 is 21.9. The Morgan fingerprint density at radius 3 is 1.89 bits per heavy atom. The van der Waals surface area contributed by atoms with Gasteiger partial charge in [-0.25, -0.2) is 0 Å². The van der Waals surface area contributed by atoms with Gasteiger partial charge in [0.05, 0.1) is 13.2 Å². The summed E-state index contributed by atoms with van der Waals surface area (Å²) in [6, 6.07) is 0. The van der Waals surface area contributed by atoms with Crippen molar-refractivity contribution in [2.24, 2.45) is 0 Å². The second kappa shape index (κ2) is 28.7. The van der Waals surface area contributed by atoms with Gasteiger partial charge in [0.2, 0.25) is 0 Å². The topological polar surface area (TPSA) is 152 Å². The summed E-state index contributed by atoms with van der Waals surface area (Å²) in [5.74, 6) is -0.848. The van der Waals surface area contributed by atoms with Crippen molar-refractivity contribution >= 4 is 11.9 Å². The smallest absolute Gasteiger partial charge is 0.306 e. The average Bonchev–Trinajstić information content (AvgIpc) is 3.06. The molecule has 0 aromatic heterocycles. The Hall–Kier alpha value is -2.34. The molecule has 0 spiro atoms. The average molecular weight is 667 g/mol. The fraction of sp³-hybridized carbons (Fsp3) is 0.730. The van der Waals surface area contributed by atoms with Crippen molar-refractivity contribution in [3.8, 4) is 0 Å². The molecule has 1 heterocycles. The molecule has 1 aliphatic heterocycles. The van der Waals surface area contributed by atoms with Crippen LogP contribution < -0.4 is 0 Å². The van der Waals surface area contributed by atoms with Gasteiger partial charge >= 0.3 is 11.9 Å². The summed E-state index contributed by atoms with van der Waals surface area (Å²) in [4.78, 5) is 25.0. The predicted molar refractivity (Wildman–Crippen MR) is 182 cm³/mol. The predicted octanol–water partition coefficient (Wildman–Crippen LogP) is 5.76. The van der Waals surface area contributed by atoms with Gasteiger partial charge in [-0.1, -0.05) is 120 Å². The van der Waals surface area contributed by atoms with Crippen LogP contribution in [0.25, 0.3) is 0 Å². The maximum Gasteiger partial charge on any atom is 0.306 e. The number of esters is 2. The van der Waals surface area contributed by atoms with E-state index < -0.39 is 55.4 Å². The van der Waals surface area contributed by atoms with Gasteiger partial charge in [0.15, 0.2) is 12.4 Å². The lowest BCUT2D eigenvalue weighted by molar-refractivity contribution is -0.305. The fourth-order valence-corrected chi connectivity index (χ4v) is 4.96. The van der Waals surface area contributed by atoms with Crippen LogP contribution in [0.5, 0.6) is 0 Å². The van der Waals surface area contributed by atoms with Crippen molar-refractivity contribution in [3.63, 3.8) is 0 Å². The number of carbonyl (C=O) groups excluding carboxylic acids is 2. The first-order chi connectivity index (χ1) is 22.8. The molecular weight excluding hydrogens is 604 g/mol. The van der Waals surface area contributed by atoms with Crippen LogP contribution in [0.2, 0.25) is 0 Å². The Morgan fingerprint density at radius 2 is 1.26 bits per heavy atom. The normalized spacial score (nSPS) is 22.6. The van der Waals surface area contributed by atoms with Gasteiger partial charge in [0, 0.05) is 12.8 Å². The largest absolute Gasteiger partial charge is 0.462 e. The quantitative estimate of drug-likeness (QED) is 0.0484. The van der Waals surface area contributed by atoms with E-state index in [-0.39, 0.29) is 26.1 Å². The second-order valence-electron chi connectivity index (χ2n) is 12.0. The van der Waals surface area contributed by atoms with Gasteiger partial charge < -0.3 is 39.4 Å². The van der Waals surface area contributed by atoms with Gasteiger partial charge in [-0.2, -0.15) is 0 Å². The van der Waals surface area contributed by atoms with Gasteiger partial charge in [-0.3, -0.25) is 9.59 Å². The van der Waals surface area contributed by atoms with Crippen LogP contribution in [0, 0.1) is 0 Å². The van der Waals surface area contributed by atoms with Gasteiger partial charge in [0.1, 0.15) is 31.0 Å². The third-order valence-corrected chi connectivity index (χ3v) is 7.82.